The first kappa shape index (κ1) is 24.4. The zero-order chi connectivity index (χ0) is 24.6. The first-order valence-electron chi connectivity index (χ1n) is 9.62. The van der Waals surface area contributed by atoms with E-state index >= 15 is 0 Å². The zero-order valence-corrected chi connectivity index (χ0v) is 18.0. The lowest BCUT2D eigenvalue weighted by atomic mass is 10.0. The summed E-state index contributed by atoms with van der Waals surface area (Å²) < 4.78 is 67.1. The van der Waals surface area contributed by atoms with Gasteiger partial charge in [0.15, 0.2) is 11.5 Å². The first-order valence-corrected chi connectivity index (χ1v) is 9.99. The minimum Gasteiger partial charge on any atom is -0.404 e. The van der Waals surface area contributed by atoms with E-state index in [0.29, 0.717) is 5.56 Å². The highest BCUT2D eigenvalue weighted by Gasteiger charge is 2.61. The number of aliphatic imine (C=N–C) groups is 1. The van der Waals surface area contributed by atoms with Crippen LogP contribution < -0.4 is 11.1 Å². The molecule has 1 aromatic heterocycles. The highest BCUT2D eigenvalue weighted by molar-refractivity contribution is 6.34. The maximum absolute atomic E-state index is 13.9. The lowest BCUT2D eigenvalue weighted by molar-refractivity contribution is -0.291. The minimum atomic E-state index is -5.84. The van der Waals surface area contributed by atoms with Crippen molar-refractivity contribution in [3.8, 4) is 0 Å². The number of allylic oxidation sites excluding steroid dienone is 1. The highest BCUT2D eigenvalue weighted by atomic mass is 35.5. The second-order valence-electron chi connectivity index (χ2n) is 7.31. The Morgan fingerprint density at radius 2 is 2.00 bits per heavy atom. The molecule has 0 atom stereocenters. The summed E-state index contributed by atoms with van der Waals surface area (Å²) in [5.41, 5.74) is 4.46. The number of aromatic nitrogens is 2. The second kappa shape index (κ2) is 8.97. The van der Waals surface area contributed by atoms with Crippen molar-refractivity contribution in [2.75, 3.05) is 0 Å². The summed E-state index contributed by atoms with van der Waals surface area (Å²) in [6, 6.07) is 4.62. The molecule has 3 rings (SSSR count). The van der Waals surface area contributed by atoms with Gasteiger partial charge in [-0.05, 0) is 30.5 Å². The Hall–Kier alpha value is -3.21. The molecule has 1 fully saturated rings. The van der Waals surface area contributed by atoms with E-state index in [9.17, 15) is 26.7 Å². The molecule has 6 nitrogen and oxygen atoms in total. The summed E-state index contributed by atoms with van der Waals surface area (Å²) in [6.45, 7) is 3.31. The number of rotatable bonds is 7. The van der Waals surface area contributed by atoms with Gasteiger partial charge in [0.05, 0.1) is 10.6 Å². The van der Waals surface area contributed by atoms with Gasteiger partial charge in [-0.2, -0.15) is 27.1 Å². The van der Waals surface area contributed by atoms with Gasteiger partial charge in [0, 0.05) is 36.6 Å². The number of nitrogens with zero attached hydrogens (tertiary/aromatic N) is 3. The van der Waals surface area contributed by atoms with Crippen LogP contribution in [0, 0.1) is 0 Å². The summed E-state index contributed by atoms with van der Waals surface area (Å²) >= 11 is 6.13. The largest absolute Gasteiger partial charge is 0.459 e. The number of hydrogen-bond acceptors (Lipinski definition) is 4. The fourth-order valence-corrected chi connectivity index (χ4v) is 3.16. The van der Waals surface area contributed by atoms with Gasteiger partial charge in [-0.1, -0.05) is 30.3 Å². The fourth-order valence-electron chi connectivity index (χ4n) is 2.95. The quantitative estimate of drug-likeness (QED) is 0.427. The highest BCUT2D eigenvalue weighted by Crippen LogP contribution is 2.46. The summed E-state index contributed by atoms with van der Waals surface area (Å²) in [7, 11) is 1.17. The molecular weight excluding hydrogens is 469 g/mol. The van der Waals surface area contributed by atoms with Gasteiger partial charge in [-0.15, -0.1) is 0 Å². The maximum atomic E-state index is 13.9. The molecule has 0 radical (unpaired) electrons. The van der Waals surface area contributed by atoms with Crippen LogP contribution >= 0.6 is 11.6 Å². The van der Waals surface area contributed by atoms with Gasteiger partial charge in [0.1, 0.15) is 0 Å². The van der Waals surface area contributed by atoms with Crippen LogP contribution in [0.5, 0.6) is 0 Å². The van der Waals surface area contributed by atoms with Gasteiger partial charge in [0.2, 0.25) is 0 Å². The molecule has 1 aliphatic carbocycles. The molecule has 1 aliphatic rings. The first-order chi connectivity index (χ1) is 15.4. The normalized spacial score (nSPS) is 15.2. The molecule has 1 amide bonds. The summed E-state index contributed by atoms with van der Waals surface area (Å²) in [5, 5.41) is 6.34. The number of alkyl halides is 5. The maximum Gasteiger partial charge on any atom is 0.459 e. The number of aryl methyl sites for hydroxylation is 1. The molecule has 0 saturated heterocycles. The number of hydrogen-bond donors (Lipinski definition) is 2. The lowest BCUT2D eigenvalue weighted by Gasteiger charge is -2.17. The standard InChI is InChI=1S/C21H19ClF5N5O/c1-3-14-17(20(23,24)21(25,26)27)31-32(2)18(14)29-10-12(9-28)11-4-7-16(22)15(8-11)19(33)30-13-5-6-13/h3-4,7-10,13H,1,5-6,28H2,2H3,(H,30,33). The monoisotopic (exact) mass is 487 g/mol. The Morgan fingerprint density at radius 1 is 1.33 bits per heavy atom. The second-order valence-corrected chi connectivity index (χ2v) is 7.72. The average Bonchev–Trinajstić information content (AvgIpc) is 3.49. The predicted octanol–water partition coefficient (Wildman–Crippen LogP) is 4.96. The van der Waals surface area contributed by atoms with E-state index in [4.69, 9.17) is 17.3 Å². The Kier molecular flexibility index (Phi) is 6.64. The molecule has 0 aliphatic heterocycles. The van der Waals surface area contributed by atoms with Crippen LogP contribution in [0.3, 0.4) is 0 Å². The molecule has 2 aromatic rings. The molecule has 12 heteroatoms. The van der Waals surface area contributed by atoms with E-state index in [2.05, 4.69) is 22.0 Å². The third-order valence-corrected chi connectivity index (χ3v) is 5.20. The van der Waals surface area contributed by atoms with Crippen LogP contribution in [0.25, 0.3) is 11.6 Å². The molecule has 1 heterocycles. The van der Waals surface area contributed by atoms with Crippen molar-refractivity contribution in [2.24, 2.45) is 17.8 Å². The van der Waals surface area contributed by atoms with E-state index in [0.717, 1.165) is 36.0 Å². The number of nitrogens with one attached hydrogen (secondary N) is 1. The Labute approximate surface area is 190 Å². The number of nitrogens with two attached hydrogens (primary N) is 1. The predicted molar refractivity (Wildman–Crippen MR) is 116 cm³/mol. The molecule has 0 bridgehead atoms. The number of amides is 1. The fraction of sp³-hybridized carbons (Fsp3) is 0.286. The van der Waals surface area contributed by atoms with E-state index in [1.807, 2.05) is 0 Å². The van der Waals surface area contributed by atoms with Crippen molar-refractivity contribution < 1.29 is 26.7 Å². The third-order valence-electron chi connectivity index (χ3n) is 4.87. The molecule has 0 spiro atoms. The lowest BCUT2D eigenvalue weighted by Crippen LogP contribution is -2.34. The van der Waals surface area contributed by atoms with Crippen LogP contribution in [0.4, 0.5) is 27.8 Å². The van der Waals surface area contributed by atoms with Crippen molar-refractivity contribution in [1.29, 1.82) is 0 Å². The van der Waals surface area contributed by atoms with Gasteiger partial charge in [-0.3, -0.25) is 4.79 Å². The van der Waals surface area contributed by atoms with E-state index in [-0.39, 0.29) is 33.9 Å². The molecule has 3 N–H and O–H groups in total. The smallest absolute Gasteiger partial charge is 0.404 e. The molecule has 1 saturated carbocycles. The van der Waals surface area contributed by atoms with Crippen molar-refractivity contribution >= 4 is 41.2 Å². The minimum absolute atomic E-state index is 0.106. The van der Waals surface area contributed by atoms with E-state index < -0.39 is 23.4 Å². The average molecular weight is 488 g/mol. The van der Waals surface area contributed by atoms with Crippen LogP contribution in [0.15, 0.2) is 36.0 Å². The van der Waals surface area contributed by atoms with Crippen molar-refractivity contribution in [2.45, 2.75) is 31.0 Å². The van der Waals surface area contributed by atoms with Gasteiger partial charge in [-0.25, -0.2) is 9.67 Å². The third kappa shape index (κ3) is 4.92. The molecular formula is C21H19ClF5N5O. The molecule has 1 aromatic carbocycles. The SMILES string of the molecule is C=Cc1c(C(F)(F)C(F)(F)F)nn(C)c1N=CC(=CN)c1ccc(Cl)c(C(=O)NC2CC2)c1. The zero-order valence-electron chi connectivity index (χ0n) is 17.3. The number of benzene rings is 1. The Morgan fingerprint density at radius 3 is 2.55 bits per heavy atom. The molecule has 176 valence electrons. The Balaban J connectivity index is 1.96. The Bertz CT molecular complexity index is 1150. The van der Waals surface area contributed by atoms with Gasteiger partial charge in [0.25, 0.3) is 5.91 Å². The van der Waals surface area contributed by atoms with Crippen LogP contribution in [0.1, 0.15) is 40.0 Å². The topological polar surface area (TPSA) is 85.3 Å². The van der Waals surface area contributed by atoms with Crippen LogP contribution in [0.2, 0.25) is 5.02 Å². The van der Waals surface area contributed by atoms with E-state index in [1.165, 1.54) is 19.2 Å². The van der Waals surface area contributed by atoms with Crippen LogP contribution in [-0.2, 0) is 13.0 Å². The van der Waals surface area contributed by atoms with E-state index in [1.54, 1.807) is 6.07 Å². The van der Waals surface area contributed by atoms with Crippen LogP contribution in [-0.4, -0.2) is 34.1 Å². The van der Waals surface area contributed by atoms with Crippen molar-refractivity contribution in [3.63, 3.8) is 0 Å². The molecule has 0 unspecified atom stereocenters. The van der Waals surface area contributed by atoms with Gasteiger partial charge < -0.3 is 11.1 Å². The van der Waals surface area contributed by atoms with Gasteiger partial charge >= 0.3 is 12.1 Å². The summed E-state index contributed by atoms with van der Waals surface area (Å²) in [4.78, 5) is 16.4. The summed E-state index contributed by atoms with van der Waals surface area (Å²) in [5.74, 6) is -5.85. The number of halogens is 6. The number of carbonyl (C=O) groups is 1. The summed E-state index contributed by atoms with van der Waals surface area (Å²) in [6.07, 6.45) is -0.952. The van der Waals surface area contributed by atoms with Crippen molar-refractivity contribution in [3.05, 3.63) is 58.4 Å². The van der Waals surface area contributed by atoms with Crippen molar-refractivity contribution in [1.82, 2.24) is 15.1 Å². The molecule has 33 heavy (non-hydrogen) atoms. The number of carbonyl (C=O) groups excluding carboxylic acids is 1.